The molecule has 0 atom stereocenters. The largest absolute Gasteiger partial charge is 0.489 e. The number of aromatic nitrogens is 2. The Morgan fingerprint density at radius 3 is 2.59 bits per heavy atom. The number of piperidine rings is 1. The molecule has 0 aromatic carbocycles. The van der Waals surface area contributed by atoms with Crippen LogP contribution in [0.4, 0.5) is 5.82 Å². The third-order valence-electron chi connectivity index (χ3n) is 4.48. The number of anilines is 1. The van der Waals surface area contributed by atoms with Crippen molar-refractivity contribution >= 4 is 11.7 Å². The molecule has 1 aliphatic rings. The predicted octanol–water partition coefficient (Wildman–Crippen LogP) is 3.62. The summed E-state index contributed by atoms with van der Waals surface area (Å²) in [6, 6.07) is 7.49. The zero-order valence-corrected chi connectivity index (χ0v) is 16.3. The molecule has 0 saturated carbocycles. The molecule has 2 aromatic rings. The molecular weight excluding hydrogens is 340 g/mol. The van der Waals surface area contributed by atoms with Crippen molar-refractivity contribution < 1.29 is 9.53 Å². The van der Waals surface area contributed by atoms with Crippen LogP contribution < -0.4 is 10.1 Å². The van der Waals surface area contributed by atoms with E-state index in [1.165, 1.54) is 0 Å². The van der Waals surface area contributed by atoms with E-state index in [1.54, 1.807) is 18.6 Å². The van der Waals surface area contributed by atoms with Crippen LogP contribution in [0.25, 0.3) is 0 Å². The van der Waals surface area contributed by atoms with Gasteiger partial charge in [-0.3, -0.25) is 9.78 Å². The number of carbonyl (C=O) groups excluding carboxylic acids is 1. The van der Waals surface area contributed by atoms with Crippen LogP contribution in [0.2, 0.25) is 0 Å². The van der Waals surface area contributed by atoms with Gasteiger partial charge in [-0.05, 0) is 29.7 Å². The first-order valence-corrected chi connectivity index (χ1v) is 9.47. The number of pyridine rings is 2. The maximum Gasteiger partial charge on any atom is 0.255 e. The Labute approximate surface area is 161 Å². The summed E-state index contributed by atoms with van der Waals surface area (Å²) in [6.07, 6.45) is 6.87. The van der Waals surface area contributed by atoms with Crippen LogP contribution in [-0.4, -0.2) is 46.5 Å². The van der Waals surface area contributed by atoms with Gasteiger partial charge in [-0.2, -0.15) is 0 Å². The maximum atomic E-state index is 12.7. The standard InChI is InChI=1S/C21H28N4O2/c1-21(2,3)15-24-19-7-6-16(13-23-19)20(26)25-11-8-17(9-12-25)27-18-5-4-10-22-14-18/h4-7,10,13-14,17H,8-9,11-12,15H2,1-3H3,(H,23,24). The summed E-state index contributed by atoms with van der Waals surface area (Å²) in [5.74, 6) is 1.61. The molecule has 6 nitrogen and oxygen atoms in total. The number of amides is 1. The van der Waals surface area contributed by atoms with Crippen molar-refractivity contribution in [3.63, 3.8) is 0 Å². The van der Waals surface area contributed by atoms with Crippen LogP contribution in [-0.2, 0) is 0 Å². The van der Waals surface area contributed by atoms with Gasteiger partial charge in [-0.25, -0.2) is 4.98 Å². The average Bonchev–Trinajstić information content (AvgIpc) is 2.67. The molecule has 1 N–H and O–H groups in total. The number of hydrogen-bond acceptors (Lipinski definition) is 5. The summed E-state index contributed by atoms with van der Waals surface area (Å²) in [5.41, 5.74) is 0.807. The molecule has 1 aliphatic heterocycles. The lowest BCUT2D eigenvalue weighted by Gasteiger charge is -2.32. The molecule has 0 spiro atoms. The van der Waals surface area contributed by atoms with Crippen molar-refractivity contribution in [1.29, 1.82) is 0 Å². The fourth-order valence-electron chi connectivity index (χ4n) is 2.95. The highest BCUT2D eigenvalue weighted by atomic mass is 16.5. The van der Waals surface area contributed by atoms with Gasteiger partial charge < -0.3 is 15.0 Å². The number of ether oxygens (including phenoxy) is 1. The zero-order valence-electron chi connectivity index (χ0n) is 16.3. The Balaban J connectivity index is 1.50. The van der Waals surface area contributed by atoms with Gasteiger partial charge in [0.25, 0.3) is 5.91 Å². The highest BCUT2D eigenvalue weighted by molar-refractivity contribution is 5.94. The molecule has 1 saturated heterocycles. The van der Waals surface area contributed by atoms with Gasteiger partial charge in [0.2, 0.25) is 0 Å². The van der Waals surface area contributed by atoms with Crippen molar-refractivity contribution in [3.8, 4) is 5.75 Å². The number of nitrogens with zero attached hydrogens (tertiary/aromatic N) is 3. The first-order valence-electron chi connectivity index (χ1n) is 9.47. The minimum atomic E-state index is 0.0321. The predicted molar refractivity (Wildman–Crippen MR) is 106 cm³/mol. The van der Waals surface area contributed by atoms with Crippen molar-refractivity contribution in [2.45, 2.75) is 39.7 Å². The van der Waals surface area contributed by atoms with Crippen molar-refractivity contribution in [2.75, 3.05) is 25.0 Å². The van der Waals surface area contributed by atoms with E-state index in [0.717, 1.165) is 31.0 Å². The molecule has 0 radical (unpaired) electrons. The van der Waals surface area contributed by atoms with Crippen LogP contribution >= 0.6 is 0 Å². The minimum Gasteiger partial charge on any atom is -0.489 e. The third kappa shape index (κ3) is 5.67. The molecule has 144 valence electrons. The molecule has 1 fully saturated rings. The summed E-state index contributed by atoms with van der Waals surface area (Å²) in [5, 5.41) is 3.30. The first-order chi connectivity index (χ1) is 12.9. The molecule has 0 unspecified atom stereocenters. The molecule has 3 heterocycles. The van der Waals surface area contributed by atoms with Crippen LogP contribution in [0.1, 0.15) is 44.0 Å². The maximum absolute atomic E-state index is 12.7. The molecule has 2 aromatic heterocycles. The summed E-state index contributed by atoms with van der Waals surface area (Å²) >= 11 is 0. The van der Waals surface area contributed by atoms with Gasteiger partial charge in [0.05, 0.1) is 11.8 Å². The Morgan fingerprint density at radius 2 is 2.00 bits per heavy atom. The number of carbonyl (C=O) groups is 1. The lowest BCUT2D eigenvalue weighted by Crippen LogP contribution is -2.41. The van der Waals surface area contributed by atoms with Gasteiger partial charge in [-0.15, -0.1) is 0 Å². The van der Waals surface area contributed by atoms with E-state index in [9.17, 15) is 4.79 Å². The molecule has 27 heavy (non-hydrogen) atoms. The first kappa shape index (κ1) is 19.1. The Hall–Kier alpha value is -2.63. The Kier molecular flexibility index (Phi) is 5.94. The van der Waals surface area contributed by atoms with Gasteiger partial charge in [0.15, 0.2) is 0 Å². The molecule has 3 rings (SSSR count). The Bertz CT molecular complexity index is 733. The fourth-order valence-corrected chi connectivity index (χ4v) is 2.95. The smallest absolute Gasteiger partial charge is 0.255 e. The number of hydrogen-bond donors (Lipinski definition) is 1. The minimum absolute atomic E-state index is 0.0321. The van der Waals surface area contributed by atoms with Crippen LogP contribution in [0.15, 0.2) is 42.9 Å². The molecule has 1 amide bonds. The Morgan fingerprint density at radius 1 is 1.22 bits per heavy atom. The second-order valence-electron chi connectivity index (χ2n) is 8.14. The lowest BCUT2D eigenvalue weighted by molar-refractivity contribution is 0.0594. The van der Waals surface area contributed by atoms with E-state index in [2.05, 4.69) is 36.1 Å². The van der Waals surface area contributed by atoms with Crippen molar-refractivity contribution in [2.24, 2.45) is 5.41 Å². The summed E-state index contributed by atoms with van der Waals surface area (Å²) in [6.45, 7) is 8.71. The van der Waals surface area contributed by atoms with E-state index in [4.69, 9.17) is 4.74 Å². The van der Waals surface area contributed by atoms with E-state index >= 15 is 0 Å². The van der Waals surface area contributed by atoms with Crippen LogP contribution in [0.3, 0.4) is 0 Å². The topological polar surface area (TPSA) is 67.4 Å². The van der Waals surface area contributed by atoms with Gasteiger partial charge >= 0.3 is 0 Å². The SMILES string of the molecule is CC(C)(C)CNc1ccc(C(=O)N2CCC(Oc3cccnc3)CC2)cn1. The molecule has 0 aliphatic carbocycles. The number of rotatable bonds is 5. The van der Waals surface area contributed by atoms with Gasteiger partial charge in [0, 0.05) is 44.9 Å². The highest BCUT2D eigenvalue weighted by Gasteiger charge is 2.25. The van der Waals surface area contributed by atoms with Crippen molar-refractivity contribution in [3.05, 3.63) is 48.4 Å². The number of nitrogens with one attached hydrogen (secondary N) is 1. The second-order valence-corrected chi connectivity index (χ2v) is 8.14. The second kappa shape index (κ2) is 8.37. The zero-order chi connectivity index (χ0) is 19.3. The molecule has 0 bridgehead atoms. The van der Waals surface area contributed by atoms with Gasteiger partial charge in [-0.1, -0.05) is 20.8 Å². The molecular formula is C21H28N4O2. The van der Waals surface area contributed by atoms with Crippen LogP contribution in [0.5, 0.6) is 5.75 Å². The molecule has 6 heteroatoms. The van der Waals surface area contributed by atoms with Gasteiger partial charge in [0.1, 0.15) is 17.7 Å². The monoisotopic (exact) mass is 368 g/mol. The van der Waals surface area contributed by atoms with E-state index in [0.29, 0.717) is 18.7 Å². The quantitative estimate of drug-likeness (QED) is 0.873. The summed E-state index contributed by atoms with van der Waals surface area (Å²) in [7, 11) is 0. The normalized spacial score (nSPS) is 15.4. The van der Waals surface area contributed by atoms with E-state index in [-0.39, 0.29) is 17.4 Å². The number of likely N-dealkylation sites (tertiary alicyclic amines) is 1. The van der Waals surface area contributed by atoms with E-state index < -0.39 is 0 Å². The highest BCUT2D eigenvalue weighted by Crippen LogP contribution is 2.20. The van der Waals surface area contributed by atoms with Crippen molar-refractivity contribution in [1.82, 2.24) is 14.9 Å². The van der Waals surface area contributed by atoms with Crippen LogP contribution in [0, 0.1) is 5.41 Å². The summed E-state index contributed by atoms with van der Waals surface area (Å²) in [4.78, 5) is 23.0. The summed E-state index contributed by atoms with van der Waals surface area (Å²) < 4.78 is 5.94. The fraction of sp³-hybridized carbons (Fsp3) is 0.476. The third-order valence-corrected chi connectivity index (χ3v) is 4.48. The van der Waals surface area contributed by atoms with E-state index in [1.807, 2.05) is 29.2 Å². The average molecular weight is 368 g/mol. The lowest BCUT2D eigenvalue weighted by atomic mass is 9.97.